The Morgan fingerprint density at radius 3 is 2.02 bits per heavy atom. The minimum Gasteiger partial charge on any atom is -0.456 e. The second-order valence-corrected chi connectivity index (χ2v) is 17.8. The lowest BCUT2D eigenvalue weighted by molar-refractivity contribution is 0.669. The Kier molecular flexibility index (Phi) is 8.12. The number of aromatic nitrogens is 1. The van der Waals surface area contributed by atoms with E-state index in [-0.39, 0.29) is 26.8 Å². The molecule has 0 saturated carbocycles. The van der Waals surface area contributed by atoms with E-state index in [0.717, 1.165) is 28.4 Å². The molecule has 0 amide bonds. The monoisotopic (exact) mass is 868 g/mol. The second kappa shape index (κ2) is 14.0. The highest BCUT2D eigenvalue weighted by atomic mass is 127. The molecule has 1 aliphatic carbocycles. The van der Waals surface area contributed by atoms with E-state index in [1.807, 2.05) is 12.1 Å². The molecule has 10 aromatic rings. The van der Waals surface area contributed by atoms with E-state index in [0.29, 0.717) is 0 Å². The Balaban J connectivity index is 0.922. The number of nitrogens with zero attached hydrogens (tertiary/aromatic N) is 2. The maximum atomic E-state index is 6.24. The molecule has 59 heavy (non-hydrogen) atoms. The highest BCUT2D eigenvalue weighted by molar-refractivity contribution is 14.2. The number of benzene rings is 8. The van der Waals surface area contributed by atoms with Crippen LogP contribution in [0.3, 0.4) is 0 Å². The standard InChI is InChI=1S/C55H37IN2O/c1-5-18-50-46(13-1)44-32-31-43(34-39(44)35-56-50)57(41-27-29-42(30-28-41)58-51-19-6-2-14-47(51)48-15-3-7-20-52(48)58)40-25-23-36(24-26-40)37-11-9-12-38(33-37)45-17-10-22-54-55(45)49-16-4-8-21-53(49)59-54/h1-27,29-35,41H,28H2. The van der Waals surface area contributed by atoms with Crippen LogP contribution >= 0.6 is 20.7 Å². The van der Waals surface area contributed by atoms with Crippen LogP contribution in [0.25, 0.3) is 82.8 Å². The van der Waals surface area contributed by atoms with E-state index in [4.69, 9.17) is 4.42 Å². The summed E-state index contributed by atoms with van der Waals surface area (Å²) in [5.41, 5.74) is 16.7. The molecule has 0 N–H and O–H groups in total. The molecule has 0 radical (unpaired) electrons. The van der Waals surface area contributed by atoms with Gasteiger partial charge in [0.1, 0.15) is 11.2 Å². The number of hydrogen-bond donors (Lipinski definition) is 0. The van der Waals surface area contributed by atoms with Crippen LogP contribution in [0.5, 0.6) is 0 Å². The van der Waals surface area contributed by atoms with Crippen molar-refractivity contribution < 1.29 is 4.42 Å². The molecule has 12 rings (SSSR count). The summed E-state index contributed by atoms with van der Waals surface area (Å²) in [6.07, 6.45) is 8.03. The van der Waals surface area contributed by atoms with Gasteiger partial charge in [-0.15, -0.1) is 0 Å². The van der Waals surface area contributed by atoms with Gasteiger partial charge < -0.3 is 13.9 Å². The first-order valence-corrected chi connectivity index (χ1v) is 22.5. The van der Waals surface area contributed by atoms with Crippen LogP contribution in [0.15, 0.2) is 205 Å². The van der Waals surface area contributed by atoms with Crippen molar-refractivity contribution in [2.45, 2.75) is 12.5 Å². The van der Waals surface area contributed by atoms with Gasteiger partial charge in [0, 0.05) is 42.2 Å². The molecule has 2 aromatic heterocycles. The first-order valence-electron chi connectivity index (χ1n) is 20.2. The van der Waals surface area contributed by atoms with Crippen molar-refractivity contribution in [2.24, 2.45) is 0 Å². The zero-order chi connectivity index (χ0) is 38.9. The first kappa shape index (κ1) is 34.3. The summed E-state index contributed by atoms with van der Waals surface area (Å²) in [6.45, 7) is 0. The van der Waals surface area contributed by atoms with Gasteiger partial charge >= 0.3 is 0 Å². The third-order valence-corrected chi connectivity index (χ3v) is 14.6. The largest absolute Gasteiger partial charge is 0.456 e. The molecule has 0 saturated heterocycles. The normalized spacial score (nSPS) is 14.6. The SMILES string of the molecule is C1=CC(N(c2ccc(-c3cccc(-c4cccc5oc6ccccc6c45)c3)cc2)c2ccc3c(c2)C=Ic2ccccc2-3)CC=C1n1c2ccccc2c2ccccc21. The quantitative estimate of drug-likeness (QED) is 0.155. The summed E-state index contributed by atoms with van der Waals surface area (Å²) < 4.78 is 12.7. The van der Waals surface area contributed by atoms with E-state index in [9.17, 15) is 0 Å². The summed E-state index contributed by atoms with van der Waals surface area (Å²) in [5, 5.41) is 4.88. The van der Waals surface area contributed by atoms with Crippen molar-refractivity contribution >= 4 is 85.6 Å². The Morgan fingerprint density at radius 2 is 1.20 bits per heavy atom. The summed E-state index contributed by atoms with van der Waals surface area (Å²) in [5.74, 6) is 0. The third-order valence-electron chi connectivity index (χ3n) is 12.0. The minimum atomic E-state index is -0.197. The molecule has 2 aliphatic rings. The molecular formula is C55H37IN2O. The van der Waals surface area contributed by atoms with E-state index >= 15 is 0 Å². The average Bonchev–Trinajstić information content (AvgIpc) is 3.86. The van der Waals surface area contributed by atoms with Crippen LogP contribution in [-0.2, 0) is 0 Å². The lowest BCUT2D eigenvalue weighted by atomic mass is 9.95. The fourth-order valence-corrected chi connectivity index (χ4v) is 11.7. The molecule has 0 bridgehead atoms. The van der Waals surface area contributed by atoms with Crippen molar-refractivity contribution in [3.63, 3.8) is 0 Å². The van der Waals surface area contributed by atoms with Gasteiger partial charge in [0.15, 0.2) is 0 Å². The van der Waals surface area contributed by atoms with Gasteiger partial charge in [0.25, 0.3) is 0 Å². The number of anilines is 2. The van der Waals surface area contributed by atoms with Gasteiger partial charge in [-0.2, -0.15) is 0 Å². The number of hydrogen-bond acceptors (Lipinski definition) is 2. The molecule has 8 aromatic carbocycles. The van der Waals surface area contributed by atoms with Gasteiger partial charge in [0.2, 0.25) is 0 Å². The number of para-hydroxylation sites is 3. The number of halogens is 1. The van der Waals surface area contributed by atoms with Crippen molar-refractivity contribution in [1.29, 1.82) is 0 Å². The van der Waals surface area contributed by atoms with Crippen molar-refractivity contribution in [3.05, 3.63) is 209 Å². The smallest absolute Gasteiger partial charge is 0.136 e. The maximum absolute atomic E-state index is 6.24. The number of fused-ring (bicyclic) bond motifs is 9. The average molecular weight is 869 g/mol. The van der Waals surface area contributed by atoms with Crippen molar-refractivity contribution in [1.82, 2.24) is 4.57 Å². The van der Waals surface area contributed by atoms with Crippen LogP contribution in [0, 0.1) is 3.57 Å². The van der Waals surface area contributed by atoms with Crippen molar-refractivity contribution in [2.75, 3.05) is 4.90 Å². The van der Waals surface area contributed by atoms with E-state index in [1.165, 1.54) is 81.4 Å². The Hall–Kier alpha value is -6.76. The van der Waals surface area contributed by atoms with Crippen LogP contribution in [0.1, 0.15) is 12.0 Å². The first-order chi connectivity index (χ1) is 29.2. The van der Waals surface area contributed by atoms with E-state index < -0.39 is 0 Å². The molecule has 280 valence electrons. The third kappa shape index (κ3) is 5.73. The van der Waals surface area contributed by atoms with Gasteiger partial charge in [-0.05, 0) is 116 Å². The summed E-state index contributed by atoms with van der Waals surface area (Å²) in [4.78, 5) is 2.54. The fraction of sp³-hybridized carbons (Fsp3) is 0.0364. The van der Waals surface area contributed by atoms with Crippen molar-refractivity contribution in [3.8, 4) is 33.4 Å². The van der Waals surface area contributed by atoms with Gasteiger partial charge in [-0.25, -0.2) is 0 Å². The minimum absolute atomic E-state index is 0.134. The van der Waals surface area contributed by atoms with Gasteiger partial charge in [-0.3, -0.25) is 0 Å². The highest BCUT2D eigenvalue weighted by Crippen LogP contribution is 2.42. The zero-order valence-electron chi connectivity index (χ0n) is 32.1. The molecular weight excluding hydrogens is 832 g/mol. The lowest BCUT2D eigenvalue weighted by Gasteiger charge is -2.34. The van der Waals surface area contributed by atoms with E-state index in [2.05, 4.69) is 202 Å². The Labute approximate surface area is 352 Å². The van der Waals surface area contributed by atoms with Crippen LogP contribution in [0.4, 0.5) is 11.4 Å². The predicted octanol–water partition coefficient (Wildman–Crippen LogP) is 15.0. The molecule has 0 fully saturated rings. The summed E-state index contributed by atoms with van der Waals surface area (Å²) >= 11 is -0.197. The molecule has 0 spiro atoms. The van der Waals surface area contributed by atoms with E-state index in [1.54, 1.807) is 0 Å². The van der Waals surface area contributed by atoms with Crippen LogP contribution in [-0.4, -0.2) is 14.6 Å². The molecule has 4 heteroatoms. The number of furan rings is 1. The van der Waals surface area contributed by atoms with Gasteiger partial charge in [0.05, 0.1) is 17.1 Å². The molecule has 3 heterocycles. The highest BCUT2D eigenvalue weighted by Gasteiger charge is 2.24. The molecule has 1 aliphatic heterocycles. The Bertz CT molecular complexity index is 3330. The number of allylic oxidation sites excluding steroid dienone is 2. The summed E-state index contributed by atoms with van der Waals surface area (Å²) in [6, 6.07) is 66.4. The molecule has 3 nitrogen and oxygen atoms in total. The predicted molar refractivity (Wildman–Crippen MR) is 258 cm³/mol. The lowest BCUT2D eigenvalue weighted by Crippen LogP contribution is -2.30. The van der Waals surface area contributed by atoms with Crippen LogP contribution in [0.2, 0.25) is 0 Å². The topological polar surface area (TPSA) is 21.3 Å². The van der Waals surface area contributed by atoms with Gasteiger partial charge in [-0.1, -0.05) is 154 Å². The molecule has 1 atom stereocenters. The summed E-state index contributed by atoms with van der Waals surface area (Å²) in [7, 11) is 0. The zero-order valence-corrected chi connectivity index (χ0v) is 34.3. The Morgan fingerprint density at radius 1 is 0.525 bits per heavy atom. The maximum Gasteiger partial charge on any atom is 0.136 e. The fourth-order valence-electron chi connectivity index (χ4n) is 9.31. The van der Waals surface area contributed by atoms with Crippen LogP contribution < -0.4 is 4.90 Å². The molecule has 1 unspecified atom stereocenters. The second-order valence-electron chi connectivity index (χ2n) is 15.4. The number of rotatable bonds is 6.